The van der Waals surface area contributed by atoms with Crippen molar-refractivity contribution in [3.05, 3.63) is 95.8 Å². The third-order valence-corrected chi connectivity index (χ3v) is 5.21. The first-order chi connectivity index (χ1) is 16.6. The van der Waals surface area contributed by atoms with Gasteiger partial charge in [0.05, 0.1) is 5.56 Å². The third kappa shape index (κ3) is 5.32. The second-order valence-corrected chi connectivity index (χ2v) is 7.67. The highest BCUT2D eigenvalue weighted by molar-refractivity contribution is 6.04. The van der Waals surface area contributed by atoms with E-state index in [1.165, 1.54) is 6.20 Å². The van der Waals surface area contributed by atoms with Crippen LogP contribution in [0.15, 0.2) is 73.3 Å². The molecule has 7 nitrogen and oxygen atoms in total. The smallest absolute Gasteiger partial charge is 0.364 e. The monoisotopic (exact) mass is 477 g/mol. The van der Waals surface area contributed by atoms with Crippen molar-refractivity contribution < 1.29 is 22.8 Å². The lowest BCUT2D eigenvalue weighted by atomic mass is 9.98. The number of halogens is 3. The number of hydrogen-bond acceptors (Lipinski definition) is 5. The Morgan fingerprint density at radius 2 is 1.66 bits per heavy atom. The van der Waals surface area contributed by atoms with Crippen LogP contribution in [0.3, 0.4) is 0 Å². The molecule has 3 heterocycles. The molecule has 0 unspecified atom stereocenters. The topological polar surface area (TPSA) is 111 Å². The molecule has 0 fully saturated rings. The quantitative estimate of drug-likeness (QED) is 0.426. The molecule has 4 aromatic rings. The molecule has 4 rings (SSSR count). The lowest BCUT2D eigenvalue weighted by molar-refractivity contribution is -0.141. The first-order valence-electron chi connectivity index (χ1n) is 10.3. The van der Waals surface area contributed by atoms with Crippen LogP contribution in [0, 0.1) is 6.92 Å². The van der Waals surface area contributed by atoms with E-state index in [0.717, 1.165) is 40.6 Å². The van der Waals surface area contributed by atoms with E-state index in [1.54, 1.807) is 42.7 Å². The van der Waals surface area contributed by atoms with Crippen LogP contribution < -0.4 is 11.1 Å². The van der Waals surface area contributed by atoms with Gasteiger partial charge in [-0.1, -0.05) is 6.07 Å². The zero-order chi connectivity index (χ0) is 25.2. The first kappa shape index (κ1) is 23.6. The summed E-state index contributed by atoms with van der Waals surface area (Å²) in [4.78, 5) is 35.6. The molecule has 176 valence electrons. The van der Waals surface area contributed by atoms with E-state index in [1.807, 2.05) is 13.0 Å². The normalized spacial score (nSPS) is 11.2. The number of carbonyl (C=O) groups is 2. The van der Waals surface area contributed by atoms with E-state index >= 15 is 0 Å². The number of benzene rings is 1. The Balaban J connectivity index is 1.60. The van der Waals surface area contributed by atoms with Crippen molar-refractivity contribution >= 4 is 17.5 Å². The maximum Gasteiger partial charge on any atom is 0.433 e. The number of hydrogen-bond donors (Lipinski definition) is 2. The SMILES string of the molecule is Cc1ccc(NC(=O)c2ccc(C(F)(F)F)nc2)cc1-c1cncc(-c2ccnc(C(N)=O)c2)c1. The molecule has 3 N–H and O–H groups in total. The largest absolute Gasteiger partial charge is 0.433 e. The van der Waals surface area contributed by atoms with Gasteiger partial charge in [0.1, 0.15) is 11.4 Å². The highest BCUT2D eigenvalue weighted by atomic mass is 19.4. The van der Waals surface area contributed by atoms with Gasteiger partial charge in [-0.15, -0.1) is 0 Å². The molecule has 0 aliphatic heterocycles. The molecule has 2 amide bonds. The highest BCUT2D eigenvalue weighted by Gasteiger charge is 2.32. The van der Waals surface area contributed by atoms with Crippen LogP contribution in [-0.2, 0) is 6.18 Å². The summed E-state index contributed by atoms with van der Waals surface area (Å²) in [6.45, 7) is 1.89. The van der Waals surface area contributed by atoms with Gasteiger partial charge in [-0.3, -0.25) is 24.5 Å². The van der Waals surface area contributed by atoms with Crippen molar-refractivity contribution in [3.8, 4) is 22.3 Å². The minimum absolute atomic E-state index is 0.00766. The summed E-state index contributed by atoms with van der Waals surface area (Å²) in [6, 6.07) is 12.2. The van der Waals surface area contributed by atoms with Gasteiger partial charge in [-0.05, 0) is 66.1 Å². The number of primary amides is 1. The summed E-state index contributed by atoms with van der Waals surface area (Å²) in [5, 5.41) is 2.68. The molecule has 0 aliphatic carbocycles. The van der Waals surface area contributed by atoms with Crippen LogP contribution in [0.4, 0.5) is 18.9 Å². The minimum Gasteiger partial charge on any atom is -0.364 e. The second kappa shape index (κ2) is 9.34. The molecule has 0 atom stereocenters. The summed E-state index contributed by atoms with van der Waals surface area (Å²) >= 11 is 0. The number of amides is 2. The number of pyridine rings is 3. The Morgan fingerprint density at radius 1 is 0.886 bits per heavy atom. The maximum atomic E-state index is 12.7. The van der Waals surface area contributed by atoms with Crippen molar-refractivity contribution in [1.29, 1.82) is 0 Å². The zero-order valence-electron chi connectivity index (χ0n) is 18.3. The molecular weight excluding hydrogens is 459 g/mol. The molecule has 0 saturated heterocycles. The van der Waals surface area contributed by atoms with Crippen LogP contribution in [-0.4, -0.2) is 26.8 Å². The summed E-state index contributed by atoms with van der Waals surface area (Å²) in [6.07, 6.45) is 1.09. The summed E-state index contributed by atoms with van der Waals surface area (Å²) in [5.74, 6) is -1.23. The van der Waals surface area contributed by atoms with E-state index in [-0.39, 0.29) is 11.3 Å². The molecule has 10 heteroatoms. The number of anilines is 1. The number of rotatable bonds is 5. The lowest BCUT2D eigenvalue weighted by Gasteiger charge is -2.12. The van der Waals surface area contributed by atoms with Crippen molar-refractivity contribution in [2.75, 3.05) is 5.32 Å². The summed E-state index contributed by atoms with van der Waals surface area (Å²) < 4.78 is 38.1. The van der Waals surface area contributed by atoms with Crippen LogP contribution in [0.2, 0.25) is 0 Å². The van der Waals surface area contributed by atoms with Gasteiger partial charge in [0.15, 0.2) is 0 Å². The third-order valence-electron chi connectivity index (χ3n) is 5.21. The van der Waals surface area contributed by atoms with Gasteiger partial charge < -0.3 is 11.1 Å². The Hall–Kier alpha value is -4.60. The molecule has 1 aromatic carbocycles. The molecule has 35 heavy (non-hydrogen) atoms. The molecule has 0 saturated carbocycles. The molecular formula is C25H18F3N5O2. The van der Waals surface area contributed by atoms with E-state index in [9.17, 15) is 22.8 Å². The number of aryl methyl sites for hydroxylation is 1. The molecule has 0 spiro atoms. The fraction of sp³-hybridized carbons (Fsp3) is 0.0800. The van der Waals surface area contributed by atoms with Crippen molar-refractivity contribution in [2.24, 2.45) is 5.73 Å². The number of nitrogens with zero attached hydrogens (tertiary/aromatic N) is 3. The Kier molecular flexibility index (Phi) is 6.28. The average molecular weight is 477 g/mol. The standard InChI is InChI=1S/C25H18F3N5O2/c1-14-2-4-19(33-24(35)16-3-5-22(32-13-16)25(26,27)28)10-20(14)18-8-17(11-30-12-18)15-6-7-31-21(9-15)23(29)34/h2-13H,1H3,(H2,29,34)(H,33,35). The number of alkyl halides is 3. The average Bonchev–Trinajstić information content (AvgIpc) is 2.85. The number of carbonyl (C=O) groups excluding carboxylic acids is 2. The van der Waals surface area contributed by atoms with E-state index < -0.39 is 23.7 Å². The van der Waals surface area contributed by atoms with Gasteiger partial charge in [-0.25, -0.2) is 0 Å². The second-order valence-electron chi connectivity index (χ2n) is 7.67. The summed E-state index contributed by atoms with van der Waals surface area (Å²) in [7, 11) is 0. The zero-order valence-corrected chi connectivity index (χ0v) is 18.3. The van der Waals surface area contributed by atoms with Gasteiger partial charge in [0, 0.05) is 41.6 Å². The molecule has 0 radical (unpaired) electrons. The van der Waals surface area contributed by atoms with Crippen LogP contribution in [0.1, 0.15) is 32.1 Å². The predicted octanol–water partition coefficient (Wildman–Crippen LogP) is 4.88. The van der Waals surface area contributed by atoms with Gasteiger partial charge >= 0.3 is 6.18 Å². The Morgan fingerprint density at radius 3 is 2.34 bits per heavy atom. The number of nitrogens with one attached hydrogen (secondary N) is 1. The number of nitrogens with two attached hydrogens (primary N) is 1. The van der Waals surface area contributed by atoms with E-state index in [0.29, 0.717) is 11.3 Å². The highest BCUT2D eigenvalue weighted by Crippen LogP contribution is 2.30. The van der Waals surface area contributed by atoms with E-state index in [4.69, 9.17) is 5.73 Å². The van der Waals surface area contributed by atoms with E-state index in [2.05, 4.69) is 20.3 Å². The first-order valence-corrected chi connectivity index (χ1v) is 10.3. The predicted molar refractivity (Wildman–Crippen MR) is 123 cm³/mol. The Bertz CT molecular complexity index is 1420. The van der Waals surface area contributed by atoms with Crippen LogP contribution in [0.5, 0.6) is 0 Å². The maximum absolute atomic E-state index is 12.7. The molecule has 0 bridgehead atoms. The minimum atomic E-state index is -4.58. The molecule has 0 aliphatic rings. The van der Waals surface area contributed by atoms with Crippen molar-refractivity contribution in [3.63, 3.8) is 0 Å². The molecule has 3 aromatic heterocycles. The fourth-order valence-corrected chi connectivity index (χ4v) is 3.40. The van der Waals surface area contributed by atoms with Crippen molar-refractivity contribution in [1.82, 2.24) is 15.0 Å². The summed E-state index contributed by atoms with van der Waals surface area (Å²) in [5.41, 5.74) is 8.70. The van der Waals surface area contributed by atoms with Gasteiger partial charge in [-0.2, -0.15) is 13.2 Å². The Labute approximate surface area is 197 Å². The lowest BCUT2D eigenvalue weighted by Crippen LogP contribution is -2.14. The number of aromatic nitrogens is 3. The van der Waals surface area contributed by atoms with Gasteiger partial charge in [0.25, 0.3) is 11.8 Å². The van der Waals surface area contributed by atoms with Crippen LogP contribution in [0.25, 0.3) is 22.3 Å². The van der Waals surface area contributed by atoms with Crippen molar-refractivity contribution in [2.45, 2.75) is 13.1 Å². The van der Waals surface area contributed by atoms with Gasteiger partial charge in [0.2, 0.25) is 0 Å². The fourth-order valence-electron chi connectivity index (χ4n) is 3.40. The van der Waals surface area contributed by atoms with Crippen LogP contribution >= 0.6 is 0 Å².